The lowest BCUT2D eigenvalue weighted by Gasteiger charge is -2.13. The van der Waals surface area contributed by atoms with Crippen molar-refractivity contribution in [3.05, 3.63) is 73.1 Å². The van der Waals surface area contributed by atoms with Gasteiger partial charge in [-0.25, -0.2) is 0 Å². The maximum atomic E-state index is 12.2. The fourth-order valence-electron chi connectivity index (χ4n) is 2.11. The third-order valence-electron chi connectivity index (χ3n) is 3.40. The van der Waals surface area contributed by atoms with Gasteiger partial charge >= 0.3 is 0 Å². The number of hydrogen-bond donors (Lipinski definition) is 1. The van der Waals surface area contributed by atoms with Crippen molar-refractivity contribution < 1.29 is 9.53 Å². The van der Waals surface area contributed by atoms with Crippen LogP contribution in [0.5, 0.6) is 11.5 Å². The van der Waals surface area contributed by atoms with Crippen LogP contribution in [-0.2, 0) is 4.79 Å². The molecule has 0 unspecified atom stereocenters. The summed E-state index contributed by atoms with van der Waals surface area (Å²) >= 11 is 0. The van der Waals surface area contributed by atoms with Gasteiger partial charge in [0, 0.05) is 18.1 Å². The maximum Gasteiger partial charge on any atom is 0.248 e. The molecule has 0 aliphatic heterocycles. The molecule has 0 bridgehead atoms. The van der Waals surface area contributed by atoms with Crippen LogP contribution in [0.15, 0.2) is 73.1 Å². The molecule has 0 spiro atoms. The van der Waals surface area contributed by atoms with Crippen LogP contribution in [-0.4, -0.2) is 15.7 Å². The van der Waals surface area contributed by atoms with Crippen molar-refractivity contribution in [2.75, 3.05) is 5.32 Å². The van der Waals surface area contributed by atoms with E-state index in [9.17, 15) is 4.79 Å². The Balaban J connectivity index is 1.62. The summed E-state index contributed by atoms with van der Waals surface area (Å²) in [4.78, 5) is 12.2. The Labute approximate surface area is 134 Å². The molecule has 116 valence electrons. The molecular weight excluding hydrogens is 290 g/mol. The Kier molecular flexibility index (Phi) is 4.38. The number of ether oxygens (including phenoxy) is 1. The molecule has 0 fully saturated rings. The van der Waals surface area contributed by atoms with Crippen molar-refractivity contribution in [2.24, 2.45) is 0 Å². The first-order chi connectivity index (χ1) is 11.2. The molecule has 5 heteroatoms. The van der Waals surface area contributed by atoms with Gasteiger partial charge in [-0.1, -0.05) is 18.2 Å². The first kappa shape index (κ1) is 14.8. The summed E-state index contributed by atoms with van der Waals surface area (Å²) in [5.41, 5.74) is 0.717. The van der Waals surface area contributed by atoms with E-state index in [-0.39, 0.29) is 11.9 Å². The van der Waals surface area contributed by atoms with Gasteiger partial charge in [-0.15, -0.1) is 0 Å². The zero-order valence-corrected chi connectivity index (χ0v) is 12.7. The standard InChI is InChI=1S/C18H17N3O2/c1-14(21-13-5-12-19-21)18(22)20-15-8-10-17(11-9-15)23-16-6-3-2-4-7-16/h2-14H,1H3,(H,20,22)/t14-/m1/s1. The highest BCUT2D eigenvalue weighted by Gasteiger charge is 2.14. The van der Waals surface area contributed by atoms with Crippen LogP contribution in [0.1, 0.15) is 13.0 Å². The van der Waals surface area contributed by atoms with E-state index in [0.717, 1.165) is 11.4 Å². The van der Waals surface area contributed by atoms with E-state index in [4.69, 9.17) is 4.74 Å². The zero-order chi connectivity index (χ0) is 16.1. The van der Waals surface area contributed by atoms with E-state index in [2.05, 4.69) is 10.4 Å². The molecule has 3 rings (SSSR count). The van der Waals surface area contributed by atoms with Crippen molar-refractivity contribution in [1.82, 2.24) is 9.78 Å². The van der Waals surface area contributed by atoms with Crippen molar-refractivity contribution in [3.8, 4) is 11.5 Å². The SMILES string of the molecule is C[C@H](C(=O)Nc1ccc(Oc2ccccc2)cc1)n1cccn1. The van der Waals surface area contributed by atoms with Crippen molar-refractivity contribution in [2.45, 2.75) is 13.0 Å². The summed E-state index contributed by atoms with van der Waals surface area (Å²) in [5, 5.41) is 6.94. The number of carbonyl (C=O) groups is 1. The third kappa shape index (κ3) is 3.77. The van der Waals surface area contributed by atoms with Gasteiger partial charge in [0.25, 0.3) is 0 Å². The molecule has 0 radical (unpaired) electrons. The van der Waals surface area contributed by atoms with Crippen LogP contribution >= 0.6 is 0 Å². The summed E-state index contributed by atoms with van der Waals surface area (Å²) in [7, 11) is 0. The average Bonchev–Trinajstić information content (AvgIpc) is 3.11. The molecule has 0 aliphatic carbocycles. The summed E-state index contributed by atoms with van der Waals surface area (Å²) < 4.78 is 7.33. The largest absolute Gasteiger partial charge is 0.457 e. The van der Waals surface area contributed by atoms with Crippen LogP contribution in [0.2, 0.25) is 0 Å². The van der Waals surface area contributed by atoms with Gasteiger partial charge in [0.05, 0.1) is 0 Å². The van der Waals surface area contributed by atoms with Crippen molar-refractivity contribution >= 4 is 11.6 Å². The second-order valence-corrected chi connectivity index (χ2v) is 5.09. The lowest BCUT2D eigenvalue weighted by Crippen LogP contribution is -2.23. The van der Waals surface area contributed by atoms with Crippen LogP contribution in [0, 0.1) is 0 Å². The van der Waals surface area contributed by atoms with E-state index in [1.54, 1.807) is 30.1 Å². The predicted octanol–water partition coefficient (Wildman–Crippen LogP) is 3.88. The van der Waals surface area contributed by atoms with Gasteiger partial charge in [-0.3, -0.25) is 9.48 Å². The quantitative estimate of drug-likeness (QED) is 0.778. The van der Waals surface area contributed by atoms with Gasteiger partial charge in [-0.05, 0) is 49.4 Å². The van der Waals surface area contributed by atoms with E-state index < -0.39 is 0 Å². The van der Waals surface area contributed by atoms with Gasteiger partial charge in [0.1, 0.15) is 17.5 Å². The zero-order valence-electron chi connectivity index (χ0n) is 12.7. The van der Waals surface area contributed by atoms with Crippen LogP contribution < -0.4 is 10.1 Å². The minimum absolute atomic E-state index is 0.120. The fourth-order valence-corrected chi connectivity index (χ4v) is 2.11. The first-order valence-electron chi connectivity index (χ1n) is 7.35. The highest BCUT2D eigenvalue weighted by Crippen LogP contribution is 2.23. The number of nitrogens with zero attached hydrogens (tertiary/aromatic N) is 2. The number of rotatable bonds is 5. The Hall–Kier alpha value is -3.08. The lowest BCUT2D eigenvalue weighted by molar-refractivity contribution is -0.119. The number of aromatic nitrogens is 2. The number of para-hydroxylation sites is 1. The van der Waals surface area contributed by atoms with E-state index in [1.807, 2.05) is 54.6 Å². The fraction of sp³-hybridized carbons (Fsp3) is 0.111. The topological polar surface area (TPSA) is 56.1 Å². The molecular formula is C18H17N3O2. The molecule has 0 saturated heterocycles. The summed E-state index contributed by atoms with van der Waals surface area (Å²) in [6, 6.07) is 18.2. The number of anilines is 1. The summed E-state index contributed by atoms with van der Waals surface area (Å²) in [6.45, 7) is 1.80. The maximum absolute atomic E-state index is 12.2. The van der Waals surface area contributed by atoms with Gasteiger partial charge < -0.3 is 10.1 Å². The van der Waals surface area contributed by atoms with Crippen LogP contribution in [0.25, 0.3) is 0 Å². The molecule has 1 atom stereocenters. The highest BCUT2D eigenvalue weighted by atomic mass is 16.5. The van der Waals surface area contributed by atoms with Gasteiger partial charge in [-0.2, -0.15) is 5.10 Å². The Bertz CT molecular complexity index is 753. The molecule has 23 heavy (non-hydrogen) atoms. The lowest BCUT2D eigenvalue weighted by atomic mass is 10.2. The number of hydrogen-bond acceptors (Lipinski definition) is 3. The smallest absolute Gasteiger partial charge is 0.248 e. The van der Waals surface area contributed by atoms with E-state index in [1.165, 1.54) is 0 Å². The van der Waals surface area contributed by atoms with Gasteiger partial charge in [0.2, 0.25) is 5.91 Å². The Morgan fingerprint density at radius 3 is 2.39 bits per heavy atom. The second-order valence-electron chi connectivity index (χ2n) is 5.09. The molecule has 1 aromatic heterocycles. The Morgan fingerprint density at radius 2 is 1.74 bits per heavy atom. The summed E-state index contributed by atoms with van der Waals surface area (Å²) in [6.07, 6.45) is 3.42. The van der Waals surface area contributed by atoms with Gasteiger partial charge in [0.15, 0.2) is 0 Å². The van der Waals surface area contributed by atoms with Crippen molar-refractivity contribution in [1.29, 1.82) is 0 Å². The average molecular weight is 307 g/mol. The summed E-state index contributed by atoms with van der Waals surface area (Å²) in [5.74, 6) is 1.37. The molecule has 5 nitrogen and oxygen atoms in total. The predicted molar refractivity (Wildman–Crippen MR) is 88.5 cm³/mol. The normalized spacial score (nSPS) is 11.7. The number of carbonyl (C=O) groups excluding carboxylic acids is 1. The highest BCUT2D eigenvalue weighted by molar-refractivity contribution is 5.93. The second kappa shape index (κ2) is 6.79. The minimum atomic E-state index is -0.370. The molecule has 1 N–H and O–H groups in total. The molecule has 0 aliphatic rings. The number of amides is 1. The minimum Gasteiger partial charge on any atom is -0.457 e. The van der Waals surface area contributed by atoms with E-state index in [0.29, 0.717) is 5.75 Å². The third-order valence-corrected chi connectivity index (χ3v) is 3.40. The van der Waals surface area contributed by atoms with Crippen LogP contribution in [0.4, 0.5) is 5.69 Å². The van der Waals surface area contributed by atoms with E-state index >= 15 is 0 Å². The molecule has 1 amide bonds. The molecule has 3 aromatic rings. The number of nitrogens with one attached hydrogen (secondary N) is 1. The molecule has 2 aromatic carbocycles. The monoisotopic (exact) mass is 307 g/mol. The molecule has 0 saturated carbocycles. The molecule has 1 heterocycles. The Morgan fingerprint density at radius 1 is 1.04 bits per heavy atom. The number of benzene rings is 2. The first-order valence-corrected chi connectivity index (χ1v) is 7.35. The van der Waals surface area contributed by atoms with Crippen molar-refractivity contribution in [3.63, 3.8) is 0 Å². The van der Waals surface area contributed by atoms with Crippen LogP contribution in [0.3, 0.4) is 0 Å².